The predicted octanol–water partition coefficient (Wildman–Crippen LogP) is 16.8. The Morgan fingerprint density at radius 3 is 1.68 bits per heavy atom. The number of phenols is 1. The van der Waals surface area contributed by atoms with E-state index in [2.05, 4.69) is 179 Å². The van der Waals surface area contributed by atoms with Crippen LogP contribution in [0.3, 0.4) is 0 Å². The maximum absolute atomic E-state index is 12.3. The van der Waals surface area contributed by atoms with Crippen LogP contribution in [-0.2, 0) is 5.41 Å². The number of nitrogens with one attached hydrogen (secondary N) is 2. The first kappa shape index (κ1) is 51.4. The van der Waals surface area contributed by atoms with Crippen molar-refractivity contribution < 1.29 is 20.2 Å². The third-order valence-corrected chi connectivity index (χ3v) is 17.9. The van der Waals surface area contributed by atoms with E-state index in [0.717, 1.165) is 69.7 Å². The van der Waals surface area contributed by atoms with Crippen molar-refractivity contribution in [2.75, 3.05) is 0 Å². The number of aromatic nitrogens is 3. The van der Waals surface area contributed by atoms with Gasteiger partial charge in [-0.3, -0.25) is 0 Å². The number of fused-ring (bicyclic) bond motifs is 10. The van der Waals surface area contributed by atoms with Crippen molar-refractivity contribution in [2.45, 2.75) is 12.3 Å². The summed E-state index contributed by atoms with van der Waals surface area (Å²) in [5.74, 6) is 0.373. The zero-order valence-corrected chi connectivity index (χ0v) is 46.2. The number of thiazole rings is 2. The molecule has 82 heavy (non-hydrogen) atoms. The van der Waals surface area contributed by atoms with Gasteiger partial charge in [-0.25, -0.2) is 0 Å². The Balaban J connectivity index is 0.000000128. The monoisotopic (exact) mass is 1090 g/mol. The molecule has 1 aliphatic carbocycles. The molecule has 0 radical (unpaired) electrons. The number of para-hydroxylation sites is 4. The number of nitrogens with zero attached hydrogens (tertiary/aromatic N) is 2. The zero-order chi connectivity index (χ0) is 54.6. The molecule has 0 saturated heterocycles. The molecule has 3 aromatic heterocycles. The number of H-pyrrole nitrogens is 2. The summed E-state index contributed by atoms with van der Waals surface area (Å²) in [5, 5.41) is 41.0. The van der Waals surface area contributed by atoms with Crippen LogP contribution >= 0.6 is 22.7 Å². The molecule has 0 saturated carbocycles. The number of aromatic amines is 2. The van der Waals surface area contributed by atoms with Gasteiger partial charge in [-0.1, -0.05) is 210 Å². The Morgan fingerprint density at radius 1 is 0.463 bits per heavy atom. The maximum atomic E-state index is 12.3. The number of phenolic OH excluding ortho intramolecular Hbond substituents is 1. The predicted molar refractivity (Wildman–Crippen MR) is 337 cm³/mol. The first-order chi connectivity index (χ1) is 39.8. The van der Waals surface area contributed by atoms with Crippen LogP contribution < -0.4 is 15.1 Å². The molecule has 6 nitrogen and oxygen atoms in total. The fraction of sp³-hybridized carbons (Fsp3) is 0.0274. The smallest absolute Gasteiger partial charge is 0.872 e. The Morgan fingerprint density at radius 2 is 1.00 bits per heavy atom. The average Bonchev–Trinajstić information content (AvgIpc) is 3.87. The van der Waals surface area contributed by atoms with Crippen LogP contribution in [0, 0.1) is 18.3 Å². The fourth-order valence-electron chi connectivity index (χ4n) is 11.9. The first-order valence-corrected chi connectivity index (χ1v) is 28.5. The van der Waals surface area contributed by atoms with Gasteiger partial charge in [-0.2, -0.15) is 15.2 Å². The average molecular weight is 1090 g/mol. The number of hydrogen-bond acceptors (Lipinski definition) is 5. The quantitative estimate of drug-likeness (QED) is 0.174. The molecule has 3 N–H and O–H groups in total. The molecule has 0 fully saturated rings. The molecule has 0 spiro atoms. The van der Waals surface area contributed by atoms with E-state index in [-0.39, 0.29) is 15.9 Å². The van der Waals surface area contributed by atoms with Crippen molar-refractivity contribution >= 4 is 96.6 Å². The van der Waals surface area contributed by atoms with Gasteiger partial charge < -0.3 is 14.8 Å². The Hall–Kier alpha value is -10.0. The van der Waals surface area contributed by atoms with Crippen LogP contribution in [0.15, 0.2) is 261 Å². The number of aryl methyl sites for hydroxylation is 1. The van der Waals surface area contributed by atoms with Crippen molar-refractivity contribution in [3.8, 4) is 55.5 Å². The van der Waals surface area contributed by atoms with E-state index in [1.165, 1.54) is 59.9 Å². The van der Waals surface area contributed by atoms with Gasteiger partial charge in [0, 0.05) is 28.6 Å². The SMILES string of the molecule is Cc1ccc(C2(c3ccc4c(c3)c3ccccc3n4-c3ccccc3)c3ccccc3-c3cc(C#N)ccc32)cc1.Oc1cc2ccccc2cc1-c1[nH+]c2ccccc2s1.[Be+2].[O-]c1cc2ccccc2cc1-c1[nH+]c2ccccc2s1. The number of benzene rings is 12. The van der Waals surface area contributed by atoms with Crippen LogP contribution in [0.5, 0.6) is 11.5 Å². The third kappa shape index (κ3) is 8.85. The van der Waals surface area contributed by atoms with Crippen molar-refractivity contribution in [1.82, 2.24) is 4.57 Å². The van der Waals surface area contributed by atoms with E-state index < -0.39 is 5.41 Å². The van der Waals surface area contributed by atoms with E-state index >= 15 is 0 Å². The van der Waals surface area contributed by atoms with E-state index in [9.17, 15) is 15.5 Å². The topological polar surface area (TPSA) is 100 Å². The van der Waals surface area contributed by atoms with Gasteiger partial charge in [0.25, 0.3) is 10.0 Å². The Labute approximate surface area is 485 Å². The van der Waals surface area contributed by atoms with Gasteiger partial charge in [-0.15, -0.1) is 0 Å². The normalized spacial score (nSPS) is 13.2. The minimum Gasteiger partial charge on any atom is -0.872 e. The summed E-state index contributed by atoms with van der Waals surface area (Å²) in [7, 11) is 0. The molecule has 384 valence electrons. The van der Waals surface area contributed by atoms with Crippen LogP contribution in [0.4, 0.5) is 0 Å². The minimum absolute atomic E-state index is 0. The number of aromatic hydroxyl groups is 1. The molecular formula is C73H49BeN4O2S2+3. The van der Waals surface area contributed by atoms with E-state index in [1.54, 1.807) is 28.7 Å². The Kier molecular flexibility index (Phi) is 13.3. The summed E-state index contributed by atoms with van der Waals surface area (Å²) in [4.78, 5) is 6.71. The molecule has 0 aliphatic heterocycles. The van der Waals surface area contributed by atoms with Gasteiger partial charge in [0.1, 0.15) is 15.1 Å². The summed E-state index contributed by atoms with van der Waals surface area (Å²) >= 11 is 3.28. The van der Waals surface area contributed by atoms with Crippen molar-refractivity contribution in [2.24, 2.45) is 0 Å². The summed E-state index contributed by atoms with van der Waals surface area (Å²) in [5.41, 5.74) is 15.9. The van der Waals surface area contributed by atoms with E-state index in [1.807, 2.05) is 103 Å². The van der Waals surface area contributed by atoms with Crippen molar-refractivity contribution in [1.29, 1.82) is 5.26 Å². The molecular weight excluding hydrogens is 1040 g/mol. The van der Waals surface area contributed by atoms with Gasteiger partial charge in [0.15, 0.2) is 0 Å². The van der Waals surface area contributed by atoms with Crippen LogP contribution in [0.1, 0.15) is 33.4 Å². The number of hydrogen-bond donors (Lipinski definition) is 1. The second-order valence-electron chi connectivity index (χ2n) is 20.5. The summed E-state index contributed by atoms with van der Waals surface area (Å²) in [6, 6.07) is 92.3. The third-order valence-electron chi connectivity index (χ3n) is 15.7. The molecule has 1 unspecified atom stereocenters. The minimum atomic E-state index is -0.516. The molecule has 0 bridgehead atoms. The summed E-state index contributed by atoms with van der Waals surface area (Å²) in [6.45, 7) is 2.14. The first-order valence-electron chi connectivity index (χ1n) is 26.9. The standard InChI is InChI=1S/C39H26N2.2C17H11NOS.Be/c1-26-15-18-28(19-16-26)39(35-13-7-5-11-31(35)33-23-27(25-40)17-21-36(33)39)29-20-22-38-34(24-29)32-12-6-8-14-37(32)41(38)30-9-3-2-4-10-30;2*19-15-10-12-6-2-1-5-11(12)9-13(15)17-18-14-7-3-4-8-16(14)20-17;/h2-24H,1H3;2*1-10,19H;/q;;;+2/p+1. The Bertz CT molecular complexity index is 4740. The van der Waals surface area contributed by atoms with Gasteiger partial charge in [0.05, 0.1) is 39.2 Å². The molecule has 0 amide bonds. The zero-order valence-electron chi connectivity index (χ0n) is 44.6. The van der Waals surface area contributed by atoms with Gasteiger partial charge >= 0.3 is 10.1 Å². The molecule has 15 aromatic rings. The van der Waals surface area contributed by atoms with E-state index in [4.69, 9.17) is 0 Å². The van der Waals surface area contributed by atoms with Gasteiger partial charge in [0.2, 0.25) is 11.0 Å². The second-order valence-corrected chi connectivity index (χ2v) is 22.6. The van der Waals surface area contributed by atoms with Crippen LogP contribution in [-0.4, -0.2) is 19.8 Å². The van der Waals surface area contributed by atoms with Crippen molar-refractivity contribution in [3.63, 3.8) is 0 Å². The largest absolute Gasteiger partial charge is 2.00 e. The molecule has 9 heteroatoms. The van der Waals surface area contributed by atoms with Crippen LogP contribution in [0.2, 0.25) is 0 Å². The molecule has 3 heterocycles. The summed E-state index contributed by atoms with van der Waals surface area (Å²) in [6.07, 6.45) is 0. The van der Waals surface area contributed by atoms with Crippen LogP contribution in [0.25, 0.3) is 102 Å². The second kappa shape index (κ2) is 21.2. The summed E-state index contributed by atoms with van der Waals surface area (Å²) < 4.78 is 4.72. The molecule has 16 rings (SSSR count). The molecule has 1 atom stereocenters. The molecule has 12 aromatic carbocycles. The van der Waals surface area contributed by atoms with Crippen molar-refractivity contribution in [3.05, 3.63) is 294 Å². The number of nitriles is 1. The number of rotatable bonds is 5. The van der Waals surface area contributed by atoms with Gasteiger partial charge in [-0.05, 0) is 135 Å². The fourth-order valence-corrected chi connectivity index (χ4v) is 13.9. The molecule has 1 aliphatic rings. The van der Waals surface area contributed by atoms with E-state index in [0.29, 0.717) is 11.3 Å². The maximum Gasteiger partial charge on any atom is 2.00 e.